The standard InChI is InChI=1S/C32H33F5N2O4Si/c1-44(2,3)9-8-41-19-39-16-25(21-13-22(33)15-23(34)14-21)29-28(5-7-38-31(29)39)43-30-26(35)11-20(12-27(30)36)10-24(40)4-6-32(37)17-42-18-32/h5,7,11-16H,4,6,8-10,17-19H2,1-3H3. The summed E-state index contributed by atoms with van der Waals surface area (Å²) in [7, 11) is -1.36. The minimum absolute atomic E-state index is 0.00638. The lowest BCUT2D eigenvalue weighted by Gasteiger charge is -2.33. The molecule has 12 heteroatoms. The number of alkyl halides is 1. The van der Waals surface area contributed by atoms with Crippen molar-refractivity contribution in [3.05, 3.63) is 77.6 Å². The van der Waals surface area contributed by atoms with Crippen LogP contribution in [0.4, 0.5) is 22.0 Å². The lowest BCUT2D eigenvalue weighted by atomic mass is 9.95. The van der Waals surface area contributed by atoms with Crippen molar-refractivity contribution >= 4 is 24.9 Å². The highest BCUT2D eigenvalue weighted by Crippen LogP contribution is 2.40. The summed E-state index contributed by atoms with van der Waals surface area (Å²) in [5, 5.41) is 0.268. The van der Waals surface area contributed by atoms with E-state index in [4.69, 9.17) is 14.2 Å². The van der Waals surface area contributed by atoms with Crippen LogP contribution in [0.2, 0.25) is 25.7 Å². The zero-order valence-electron chi connectivity index (χ0n) is 24.7. The number of ketones is 1. The topological polar surface area (TPSA) is 62.6 Å². The Bertz CT molecular complexity index is 1640. The second-order valence-electron chi connectivity index (χ2n) is 12.4. The first-order valence-electron chi connectivity index (χ1n) is 14.3. The van der Waals surface area contributed by atoms with E-state index in [1.165, 1.54) is 12.3 Å². The summed E-state index contributed by atoms with van der Waals surface area (Å²) < 4.78 is 91.2. The van der Waals surface area contributed by atoms with Crippen LogP contribution in [-0.4, -0.2) is 48.9 Å². The molecule has 1 aliphatic rings. The molecule has 0 bridgehead atoms. The zero-order valence-corrected chi connectivity index (χ0v) is 25.7. The molecule has 234 valence electrons. The van der Waals surface area contributed by atoms with Gasteiger partial charge in [-0.15, -0.1) is 0 Å². The van der Waals surface area contributed by atoms with Crippen LogP contribution < -0.4 is 4.74 Å². The third-order valence-corrected chi connectivity index (χ3v) is 9.07. The van der Waals surface area contributed by atoms with E-state index in [9.17, 15) is 18.0 Å². The molecule has 0 atom stereocenters. The lowest BCUT2D eigenvalue weighted by molar-refractivity contribution is -0.139. The van der Waals surface area contributed by atoms with E-state index in [0.717, 1.165) is 36.4 Å². The molecule has 1 aliphatic heterocycles. The molecule has 3 heterocycles. The molecule has 0 spiro atoms. The Morgan fingerprint density at radius 2 is 1.73 bits per heavy atom. The number of nitrogens with zero attached hydrogens (tertiary/aromatic N) is 2. The minimum Gasteiger partial charge on any atom is -0.450 e. The molecule has 44 heavy (non-hydrogen) atoms. The SMILES string of the molecule is C[Si](C)(C)CCOCn1cc(-c2cc(F)cc(F)c2)c2c(Oc3c(F)cc(CC(=O)CCC4(F)COC4)cc3F)ccnc21. The van der Waals surface area contributed by atoms with Crippen LogP contribution in [0.15, 0.2) is 48.8 Å². The smallest absolute Gasteiger partial charge is 0.198 e. The number of benzene rings is 2. The summed E-state index contributed by atoms with van der Waals surface area (Å²) >= 11 is 0. The number of Topliss-reactive ketones (excluding diaryl/α,β-unsaturated/α-hetero) is 1. The van der Waals surface area contributed by atoms with Crippen molar-refractivity contribution in [1.29, 1.82) is 0 Å². The second kappa shape index (κ2) is 12.8. The van der Waals surface area contributed by atoms with Gasteiger partial charge in [-0.3, -0.25) is 4.79 Å². The maximum Gasteiger partial charge on any atom is 0.198 e. The molecule has 2 aromatic heterocycles. The number of ether oxygens (including phenoxy) is 3. The molecule has 0 aliphatic carbocycles. The maximum atomic E-state index is 15.2. The Balaban J connectivity index is 1.44. The molecular formula is C32H33F5N2O4Si. The van der Waals surface area contributed by atoms with E-state index < -0.39 is 42.8 Å². The summed E-state index contributed by atoms with van der Waals surface area (Å²) in [5.74, 6) is -4.81. The van der Waals surface area contributed by atoms with E-state index in [-0.39, 0.29) is 67.3 Å². The van der Waals surface area contributed by atoms with Gasteiger partial charge >= 0.3 is 0 Å². The van der Waals surface area contributed by atoms with Crippen LogP contribution in [0.3, 0.4) is 0 Å². The van der Waals surface area contributed by atoms with Gasteiger partial charge in [0.05, 0.1) is 18.6 Å². The number of aromatic nitrogens is 2. The fourth-order valence-electron chi connectivity index (χ4n) is 4.91. The van der Waals surface area contributed by atoms with E-state index in [1.807, 2.05) is 0 Å². The number of hydrogen-bond acceptors (Lipinski definition) is 5. The Morgan fingerprint density at radius 3 is 2.34 bits per heavy atom. The monoisotopic (exact) mass is 632 g/mol. The fourth-order valence-corrected chi connectivity index (χ4v) is 5.67. The van der Waals surface area contributed by atoms with Gasteiger partial charge < -0.3 is 18.8 Å². The van der Waals surface area contributed by atoms with Crippen LogP contribution in [0, 0.1) is 23.3 Å². The van der Waals surface area contributed by atoms with E-state index >= 15 is 8.78 Å². The molecule has 0 N–H and O–H groups in total. The van der Waals surface area contributed by atoms with Crippen LogP contribution in [0.1, 0.15) is 18.4 Å². The summed E-state index contributed by atoms with van der Waals surface area (Å²) in [6, 6.07) is 7.32. The van der Waals surface area contributed by atoms with Crippen LogP contribution >= 0.6 is 0 Å². The van der Waals surface area contributed by atoms with Gasteiger partial charge in [-0.05, 0) is 53.9 Å². The van der Waals surface area contributed by atoms with Crippen molar-refractivity contribution in [1.82, 2.24) is 9.55 Å². The molecule has 0 saturated carbocycles. The van der Waals surface area contributed by atoms with Gasteiger partial charge in [-0.2, -0.15) is 0 Å². The summed E-state index contributed by atoms with van der Waals surface area (Å²) in [4.78, 5) is 16.8. The third-order valence-electron chi connectivity index (χ3n) is 7.36. The van der Waals surface area contributed by atoms with Crippen molar-refractivity contribution in [2.24, 2.45) is 0 Å². The molecule has 5 rings (SSSR count). The Labute approximate surface area is 252 Å². The number of pyridine rings is 1. The molecule has 1 saturated heterocycles. The molecular weight excluding hydrogens is 599 g/mol. The predicted octanol–water partition coefficient (Wildman–Crippen LogP) is 7.99. The van der Waals surface area contributed by atoms with Gasteiger partial charge in [0.25, 0.3) is 0 Å². The molecule has 2 aromatic carbocycles. The quantitative estimate of drug-likeness (QED) is 0.0850. The molecule has 0 amide bonds. The molecule has 4 aromatic rings. The van der Waals surface area contributed by atoms with Gasteiger partial charge in [-0.1, -0.05) is 19.6 Å². The summed E-state index contributed by atoms with van der Waals surface area (Å²) in [6.45, 7) is 7.11. The van der Waals surface area contributed by atoms with Crippen LogP contribution in [-0.2, 0) is 27.4 Å². The van der Waals surface area contributed by atoms with Gasteiger partial charge in [0.15, 0.2) is 23.1 Å². The largest absolute Gasteiger partial charge is 0.450 e. The Hall–Kier alpha value is -3.61. The Kier molecular flexibility index (Phi) is 9.24. The minimum atomic E-state index is -1.53. The van der Waals surface area contributed by atoms with Crippen molar-refractivity contribution in [2.75, 3.05) is 19.8 Å². The first kappa shape index (κ1) is 31.8. The molecule has 1 fully saturated rings. The highest BCUT2D eigenvalue weighted by Gasteiger charge is 2.38. The fraction of sp³-hybridized carbons (Fsp3) is 0.375. The van der Waals surface area contributed by atoms with Crippen LogP contribution in [0.5, 0.6) is 11.5 Å². The number of carbonyl (C=O) groups is 1. The summed E-state index contributed by atoms with van der Waals surface area (Å²) in [5.41, 5.74) is -0.645. The molecule has 0 radical (unpaired) electrons. The summed E-state index contributed by atoms with van der Waals surface area (Å²) in [6.07, 6.45) is 2.61. The van der Waals surface area contributed by atoms with E-state index in [2.05, 4.69) is 24.6 Å². The predicted molar refractivity (Wildman–Crippen MR) is 158 cm³/mol. The van der Waals surface area contributed by atoms with E-state index in [1.54, 1.807) is 10.8 Å². The van der Waals surface area contributed by atoms with Crippen molar-refractivity contribution in [2.45, 2.75) is 57.3 Å². The lowest BCUT2D eigenvalue weighted by Crippen LogP contribution is -2.45. The maximum absolute atomic E-state index is 15.2. The van der Waals surface area contributed by atoms with E-state index in [0.29, 0.717) is 17.8 Å². The van der Waals surface area contributed by atoms with Gasteiger partial charge in [0.2, 0.25) is 0 Å². The number of hydrogen-bond donors (Lipinski definition) is 0. The number of rotatable bonds is 13. The van der Waals surface area contributed by atoms with Gasteiger partial charge in [0, 0.05) is 51.5 Å². The van der Waals surface area contributed by atoms with Crippen LogP contribution in [0.25, 0.3) is 22.2 Å². The van der Waals surface area contributed by atoms with Crippen molar-refractivity contribution in [3.63, 3.8) is 0 Å². The second-order valence-corrected chi connectivity index (χ2v) is 18.0. The van der Waals surface area contributed by atoms with Crippen molar-refractivity contribution in [3.8, 4) is 22.6 Å². The van der Waals surface area contributed by atoms with Gasteiger partial charge in [0.1, 0.15) is 35.5 Å². The first-order chi connectivity index (χ1) is 20.8. The Morgan fingerprint density at radius 1 is 1.05 bits per heavy atom. The zero-order chi connectivity index (χ0) is 31.6. The van der Waals surface area contributed by atoms with Crippen molar-refractivity contribution < 1.29 is 41.0 Å². The number of halogens is 5. The number of carbonyl (C=O) groups excluding carboxylic acids is 1. The average molecular weight is 633 g/mol. The first-order valence-corrected chi connectivity index (χ1v) is 18.0. The highest BCUT2D eigenvalue weighted by molar-refractivity contribution is 6.76. The third kappa shape index (κ3) is 7.53. The normalized spacial score (nSPS) is 14.5. The highest BCUT2D eigenvalue weighted by atomic mass is 28.3. The van der Waals surface area contributed by atoms with Gasteiger partial charge in [-0.25, -0.2) is 26.9 Å². The number of fused-ring (bicyclic) bond motifs is 1. The average Bonchev–Trinajstić information content (AvgIpc) is 3.29. The molecule has 6 nitrogen and oxygen atoms in total. The molecule has 0 unspecified atom stereocenters.